The van der Waals surface area contributed by atoms with Crippen LogP contribution in [-0.4, -0.2) is 27.5 Å². The summed E-state index contributed by atoms with van der Waals surface area (Å²) in [6.45, 7) is 4.10. The zero-order chi connectivity index (χ0) is 23.0. The average molecular weight is 496 g/mol. The molecular weight excluding hydrogens is 478 g/mol. The van der Waals surface area contributed by atoms with Gasteiger partial charge in [0.25, 0.3) is 5.91 Å². The number of anilines is 1. The average Bonchev–Trinajstić information content (AvgIpc) is 3.32. The minimum absolute atomic E-state index is 0.0992. The molecule has 6 nitrogen and oxygen atoms in total. The van der Waals surface area contributed by atoms with E-state index < -0.39 is 17.8 Å². The highest BCUT2D eigenvalue weighted by atomic mass is 35.5. The number of amides is 1. The van der Waals surface area contributed by atoms with Crippen molar-refractivity contribution >= 4 is 52.1 Å². The minimum Gasteiger partial charge on any atom is -0.382 e. The number of hydrogen-bond acceptors (Lipinski definition) is 4. The van der Waals surface area contributed by atoms with E-state index in [-0.39, 0.29) is 22.7 Å². The van der Waals surface area contributed by atoms with Crippen molar-refractivity contribution in [2.24, 2.45) is 5.16 Å². The Morgan fingerprint density at radius 1 is 1.19 bits per heavy atom. The second-order valence-corrected chi connectivity index (χ2v) is 8.60. The van der Waals surface area contributed by atoms with Gasteiger partial charge in [0.2, 0.25) is 6.10 Å². The fourth-order valence-corrected chi connectivity index (χ4v) is 4.08. The van der Waals surface area contributed by atoms with Gasteiger partial charge in [-0.25, -0.2) is 4.39 Å². The van der Waals surface area contributed by atoms with Crippen LogP contribution in [0.5, 0.6) is 0 Å². The summed E-state index contributed by atoms with van der Waals surface area (Å²) < 4.78 is 15.9. The van der Waals surface area contributed by atoms with E-state index in [1.165, 1.54) is 12.1 Å². The number of aryl methyl sites for hydroxylation is 1. The van der Waals surface area contributed by atoms with Gasteiger partial charge in [0.15, 0.2) is 0 Å². The number of hydrogen-bond donors (Lipinski definition) is 1. The van der Waals surface area contributed by atoms with E-state index in [1.807, 2.05) is 13.0 Å². The zero-order valence-corrected chi connectivity index (χ0v) is 19.4. The van der Waals surface area contributed by atoms with Gasteiger partial charge in [0.05, 0.1) is 50.0 Å². The maximum absolute atomic E-state index is 14.2. The molecule has 166 valence electrons. The third-order valence-corrected chi connectivity index (χ3v) is 6.21. The summed E-state index contributed by atoms with van der Waals surface area (Å²) in [6, 6.07) is 9.71. The monoisotopic (exact) mass is 494 g/mol. The summed E-state index contributed by atoms with van der Waals surface area (Å²) in [5, 5.41) is 12.4. The van der Waals surface area contributed by atoms with Gasteiger partial charge in [-0.05, 0) is 43.7 Å². The fraction of sp³-hybridized carbons (Fsp3) is 0.227. The Morgan fingerprint density at radius 2 is 1.97 bits per heavy atom. The number of carbonyl (C=O) groups excluding carboxylic acids is 1. The number of aromatic nitrogens is 2. The van der Waals surface area contributed by atoms with E-state index in [1.54, 1.807) is 29.8 Å². The molecule has 32 heavy (non-hydrogen) atoms. The zero-order valence-electron chi connectivity index (χ0n) is 17.1. The topological polar surface area (TPSA) is 68.5 Å². The third kappa shape index (κ3) is 4.46. The SMILES string of the molecule is Cc1nn(Cc2ccc(Cl)c(Cl)c2)c(C)c1NC(=O)C1CC(c2c(F)cccc2Cl)=NO1. The largest absolute Gasteiger partial charge is 0.382 e. The molecule has 0 radical (unpaired) electrons. The summed E-state index contributed by atoms with van der Waals surface area (Å²) in [7, 11) is 0. The number of halogens is 4. The number of nitrogens with zero attached hydrogens (tertiary/aromatic N) is 3. The van der Waals surface area contributed by atoms with E-state index in [0.29, 0.717) is 28.0 Å². The molecule has 1 aliphatic rings. The van der Waals surface area contributed by atoms with Gasteiger partial charge in [-0.2, -0.15) is 5.10 Å². The van der Waals surface area contributed by atoms with Crippen molar-refractivity contribution in [2.75, 3.05) is 5.32 Å². The molecule has 1 atom stereocenters. The molecule has 0 bridgehead atoms. The van der Waals surface area contributed by atoms with E-state index in [0.717, 1.165) is 11.3 Å². The van der Waals surface area contributed by atoms with Gasteiger partial charge in [-0.1, -0.05) is 52.1 Å². The Labute approximate surface area is 198 Å². The highest BCUT2D eigenvalue weighted by Crippen LogP contribution is 2.28. The predicted octanol–water partition coefficient (Wildman–Crippen LogP) is 5.78. The van der Waals surface area contributed by atoms with Crippen LogP contribution in [0.3, 0.4) is 0 Å². The lowest BCUT2D eigenvalue weighted by atomic mass is 10.0. The van der Waals surface area contributed by atoms with Gasteiger partial charge in [-0.15, -0.1) is 0 Å². The van der Waals surface area contributed by atoms with Crippen LogP contribution in [0.4, 0.5) is 10.1 Å². The van der Waals surface area contributed by atoms with Crippen LogP contribution in [0, 0.1) is 19.7 Å². The van der Waals surface area contributed by atoms with Crippen LogP contribution in [0.25, 0.3) is 0 Å². The predicted molar refractivity (Wildman–Crippen MR) is 123 cm³/mol. The molecule has 1 aromatic heterocycles. The maximum Gasteiger partial charge on any atom is 0.268 e. The molecule has 0 saturated carbocycles. The molecule has 10 heteroatoms. The molecule has 0 fully saturated rings. The molecule has 0 aliphatic carbocycles. The Morgan fingerprint density at radius 3 is 2.69 bits per heavy atom. The minimum atomic E-state index is -0.905. The van der Waals surface area contributed by atoms with Crippen LogP contribution >= 0.6 is 34.8 Å². The first-order valence-corrected chi connectivity index (χ1v) is 10.8. The molecule has 0 saturated heterocycles. The van der Waals surface area contributed by atoms with Crippen LogP contribution in [0.1, 0.15) is 28.9 Å². The second kappa shape index (κ2) is 9.10. The number of rotatable bonds is 5. The Balaban J connectivity index is 1.47. The van der Waals surface area contributed by atoms with E-state index in [4.69, 9.17) is 39.6 Å². The molecule has 2 heterocycles. The maximum atomic E-state index is 14.2. The number of benzene rings is 2. The summed E-state index contributed by atoms with van der Waals surface area (Å²) in [5.74, 6) is -0.923. The number of oxime groups is 1. The molecule has 1 N–H and O–H groups in total. The molecule has 1 amide bonds. The van der Waals surface area contributed by atoms with Crippen LogP contribution in [-0.2, 0) is 16.2 Å². The standard InChI is InChI=1S/C22H18Cl3FN4O2/c1-11-21(12(2)30(28-11)10-13-6-7-14(23)16(25)8-13)27-22(31)19-9-18(29-32-19)20-15(24)4-3-5-17(20)26/h3-8,19H,9-10H2,1-2H3,(H,27,31). The summed E-state index contributed by atoms with van der Waals surface area (Å²) >= 11 is 18.2. The Kier molecular flexibility index (Phi) is 6.42. The van der Waals surface area contributed by atoms with Crippen molar-refractivity contribution < 1.29 is 14.0 Å². The highest BCUT2D eigenvalue weighted by Gasteiger charge is 2.32. The van der Waals surface area contributed by atoms with E-state index >= 15 is 0 Å². The van der Waals surface area contributed by atoms with E-state index in [9.17, 15) is 9.18 Å². The molecular formula is C22H18Cl3FN4O2. The van der Waals surface area contributed by atoms with Crippen molar-refractivity contribution in [3.63, 3.8) is 0 Å². The van der Waals surface area contributed by atoms with Crippen LogP contribution in [0.2, 0.25) is 15.1 Å². The van der Waals surface area contributed by atoms with Gasteiger partial charge >= 0.3 is 0 Å². The van der Waals surface area contributed by atoms with Gasteiger partial charge < -0.3 is 10.2 Å². The van der Waals surface area contributed by atoms with Crippen molar-refractivity contribution in [1.82, 2.24) is 9.78 Å². The highest BCUT2D eigenvalue weighted by molar-refractivity contribution is 6.42. The molecule has 4 rings (SSSR count). The van der Waals surface area contributed by atoms with Gasteiger partial charge in [0, 0.05) is 6.42 Å². The van der Waals surface area contributed by atoms with Crippen molar-refractivity contribution in [2.45, 2.75) is 32.9 Å². The first-order chi connectivity index (χ1) is 15.2. The van der Waals surface area contributed by atoms with Crippen molar-refractivity contribution in [1.29, 1.82) is 0 Å². The lowest BCUT2D eigenvalue weighted by molar-refractivity contribution is -0.125. The number of nitrogens with one attached hydrogen (secondary N) is 1. The van der Waals surface area contributed by atoms with Crippen LogP contribution in [0.15, 0.2) is 41.6 Å². The normalized spacial score (nSPS) is 15.4. The molecule has 0 spiro atoms. The van der Waals surface area contributed by atoms with E-state index in [2.05, 4.69) is 15.6 Å². The van der Waals surface area contributed by atoms with Crippen molar-refractivity contribution in [3.05, 3.63) is 79.8 Å². The smallest absolute Gasteiger partial charge is 0.268 e. The first-order valence-electron chi connectivity index (χ1n) is 9.70. The Hall–Kier alpha value is -2.61. The molecule has 2 aromatic carbocycles. The van der Waals surface area contributed by atoms with Crippen LogP contribution < -0.4 is 5.32 Å². The summed E-state index contributed by atoms with van der Waals surface area (Å²) in [4.78, 5) is 18.1. The third-order valence-electron chi connectivity index (χ3n) is 5.16. The first kappa shape index (κ1) is 22.6. The fourth-order valence-electron chi connectivity index (χ4n) is 3.49. The molecule has 3 aromatic rings. The van der Waals surface area contributed by atoms with Gasteiger partial charge in [-0.3, -0.25) is 9.48 Å². The lowest BCUT2D eigenvalue weighted by Crippen LogP contribution is -2.28. The summed E-state index contributed by atoms with van der Waals surface area (Å²) in [5.41, 5.74) is 3.34. The lowest BCUT2D eigenvalue weighted by Gasteiger charge is -2.11. The molecule has 1 aliphatic heterocycles. The Bertz CT molecular complexity index is 1220. The quantitative estimate of drug-likeness (QED) is 0.488. The number of carbonyl (C=O) groups is 1. The second-order valence-electron chi connectivity index (χ2n) is 7.37. The molecule has 1 unspecified atom stereocenters. The van der Waals surface area contributed by atoms with Crippen molar-refractivity contribution in [3.8, 4) is 0 Å². The van der Waals surface area contributed by atoms with Gasteiger partial charge in [0.1, 0.15) is 5.82 Å². The summed E-state index contributed by atoms with van der Waals surface area (Å²) in [6.07, 6.45) is -0.806.